The second-order valence-electron chi connectivity index (χ2n) is 5.76. The van der Waals surface area contributed by atoms with E-state index in [1.807, 2.05) is 0 Å². The Hall–Kier alpha value is -3.46. The highest BCUT2D eigenvalue weighted by Crippen LogP contribution is 2.25. The van der Waals surface area contributed by atoms with E-state index >= 15 is 0 Å². The molecule has 3 aromatic rings. The van der Waals surface area contributed by atoms with Gasteiger partial charge in [-0.2, -0.15) is 5.10 Å². The molecular formula is C18H18N4O5. The fourth-order valence-electron chi connectivity index (χ4n) is 2.53. The summed E-state index contributed by atoms with van der Waals surface area (Å²) in [5, 5.41) is 18.2. The molecule has 9 heteroatoms. The zero-order valence-electron chi connectivity index (χ0n) is 14.8. The zero-order valence-corrected chi connectivity index (χ0v) is 14.8. The number of nitro groups is 1. The van der Waals surface area contributed by atoms with Crippen LogP contribution in [0.1, 0.15) is 16.2 Å². The van der Waals surface area contributed by atoms with Crippen molar-refractivity contribution in [3.05, 3.63) is 64.0 Å². The van der Waals surface area contributed by atoms with E-state index in [0.29, 0.717) is 36.1 Å². The van der Waals surface area contributed by atoms with Crippen molar-refractivity contribution in [3.8, 4) is 17.1 Å². The highest BCUT2D eigenvalue weighted by Gasteiger charge is 2.20. The van der Waals surface area contributed by atoms with E-state index < -0.39 is 4.92 Å². The highest BCUT2D eigenvalue weighted by atomic mass is 16.6. The fraction of sp³-hybridized carbons (Fsp3) is 0.222. The number of non-ortho nitro benzene ring substituents is 1. The molecule has 0 radical (unpaired) electrons. The maximum Gasteiger partial charge on any atom is 0.271 e. The molecule has 1 aromatic carbocycles. The van der Waals surface area contributed by atoms with Gasteiger partial charge in [0.2, 0.25) is 0 Å². The average molecular weight is 370 g/mol. The van der Waals surface area contributed by atoms with Gasteiger partial charge >= 0.3 is 0 Å². The number of rotatable bonds is 7. The second kappa shape index (κ2) is 7.83. The van der Waals surface area contributed by atoms with E-state index in [0.717, 1.165) is 0 Å². The van der Waals surface area contributed by atoms with Crippen LogP contribution in [0.25, 0.3) is 17.1 Å². The summed E-state index contributed by atoms with van der Waals surface area (Å²) in [7, 11) is 1.54. The molecule has 3 rings (SSSR count). The quantitative estimate of drug-likeness (QED) is 0.389. The minimum atomic E-state index is -0.498. The number of hydrogen-bond acceptors (Lipinski definition) is 6. The van der Waals surface area contributed by atoms with E-state index in [4.69, 9.17) is 9.15 Å². The molecule has 1 N–H and O–H groups in total. The van der Waals surface area contributed by atoms with Crippen LogP contribution in [0.15, 0.2) is 46.9 Å². The average Bonchev–Trinajstić information content (AvgIpc) is 3.28. The summed E-state index contributed by atoms with van der Waals surface area (Å²) in [6, 6.07) is 11.0. The van der Waals surface area contributed by atoms with Crippen LogP contribution in [0.2, 0.25) is 0 Å². The standard InChI is InChI=1S/C18H18N4O5/c1-12-6-7-17(27-12)15-11-16(18(23)19-8-9-26-2)21(20-15)13-4-3-5-14(10-13)22(24)25/h3-7,10-11H,8-9H2,1-2H3,(H,19,23). The molecular weight excluding hydrogens is 352 g/mol. The number of nitrogens with zero attached hydrogens (tertiary/aromatic N) is 3. The number of nitrogens with one attached hydrogen (secondary N) is 1. The van der Waals surface area contributed by atoms with Crippen molar-refractivity contribution in [1.29, 1.82) is 0 Å². The maximum absolute atomic E-state index is 12.6. The Kier molecular flexibility index (Phi) is 5.32. The van der Waals surface area contributed by atoms with Crippen LogP contribution in [-0.2, 0) is 4.74 Å². The smallest absolute Gasteiger partial charge is 0.271 e. The minimum Gasteiger partial charge on any atom is -0.460 e. The van der Waals surface area contributed by atoms with Crippen LogP contribution in [0.4, 0.5) is 5.69 Å². The van der Waals surface area contributed by atoms with Crippen molar-refractivity contribution in [2.75, 3.05) is 20.3 Å². The van der Waals surface area contributed by atoms with E-state index in [9.17, 15) is 14.9 Å². The summed E-state index contributed by atoms with van der Waals surface area (Å²) in [6.07, 6.45) is 0. The molecule has 9 nitrogen and oxygen atoms in total. The molecule has 2 aromatic heterocycles. The number of aryl methyl sites for hydroxylation is 1. The number of furan rings is 1. The van der Waals surface area contributed by atoms with Gasteiger partial charge in [-0.3, -0.25) is 14.9 Å². The largest absolute Gasteiger partial charge is 0.460 e. The third-order valence-corrected chi connectivity index (χ3v) is 3.81. The van der Waals surface area contributed by atoms with Crippen molar-refractivity contribution in [3.63, 3.8) is 0 Å². The van der Waals surface area contributed by atoms with Crippen LogP contribution < -0.4 is 5.32 Å². The lowest BCUT2D eigenvalue weighted by Gasteiger charge is -2.08. The number of methoxy groups -OCH3 is 1. The molecule has 0 saturated carbocycles. The van der Waals surface area contributed by atoms with E-state index in [-0.39, 0.29) is 17.3 Å². The van der Waals surface area contributed by atoms with Crippen LogP contribution >= 0.6 is 0 Å². The molecule has 27 heavy (non-hydrogen) atoms. The van der Waals surface area contributed by atoms with Crippen molar-refractivity contribution >= 4 is 11.6 Å². The molecule has 0 atom stereocenters. The number of ether oxygens (including phenoxy) is 1. The molecule has 0 fully saturated rings. The predicted molar refractivity (Wildman–Crippen MR) is 96.9 cm³/mol. The summed E-state index contributed by atoms with van der Waals surface area (Å²) in [4.78, 5) is 23.2. The predicted octanol–water partition coefficient (Wildman–Crippen LogP) is 2.73. The Morgan fingerprint density at radius 1 is 1.33 bits per heavy atom. The Bertz CT molecular complexity index is 976. The Labute approximate surface area is 154 Å². The first-order chi connectivity index (χ1) is 13.0. The summed E-state index contributed by atoms with van der Waals surface area (Å²) >= 11 is 0. The number of hydrogen-bond donors (Lipinski definition) is 1. The van der Waals surface area contributed by atoms with Crippen molar-refractivity contribution in [2.24, 2.45) is 0 Å². The van der Waals surface area contributed by atoms with Gasteiger partial charge in [0, 0.05) is 31.9 Å². The van der Waals surface area contributed by atoms with Crippen LogP contribution in [-0.4, -0.2) is 40.9 Å². The molecule has 0 aliphatic heterocycles. The minimum absolute atomic E-state index is 0.0934. The van der Waals surface area contributed by atoms with Gasteiger partial charge in [0.1, 0.15) is 17.1 Å². The molecule has 2 heterocycles. The van der Waals surface area contributed by atoms with Gasteiger partial charge < -0.3 is 14.5 Å². The summed E-state index contributed by atoms with van der Waals surface area (Å²) in [5.74, 6) is 0.837. The lowest BCUT2D eigenvalue weighted by molar-refractivity contribution is -0.384. The fourth-order valence-corrected chi connectivity index (χ4v) is 2.53. The third-order valence-electron chi connectivity index (χ3n) is 3.81. The number of carbonyl (C=O) groups is 1. The van der Waals surface area contributed by atoms with Crippen LogP contribution in [0.3, 0.4) is 0 Å². The zero-order chi connectivity index (χ0) is 19.4. The number of aromatic nitrogens is 2. The first kappa shape index (κ1) is 18.3. The van der Waals surface area contributed by atoms with Gasteiger partial charge in [-0.25, -0.2) is 4.68 Å². The van der Waals surface area contributed by atoms with Gasteiger partial charge in [-0.15, -0.1) is 0 Å². The first-order valence-corrected chi connectivity index (χ1v) is 8.18. The molecule has 0 aliphatic carbocycles. The number of carbonyl (C=O) groups excluding carboxylic acids is 1. The van der Waals surface area contributed by atoms with Gasteiger partial charge in [-0.05, 0) is 25.1 Å². The van der Waals surface area contributed by atoms with Gasteiger partial charge in [0.25, 0.3) is 11.6 Å². The van der Waals surface area contributed by atoms with Crippen molar-refractivity contribution < 1.29 is 18.9 Å². The third kappa shape index (κ3) is 4.04. The molecule has 0 unspecified atom stereocenters. The topological polar surface area (TPSA) is 112 Å². The normalized spacial score (nSPS) is 10.7. The van der Waals surface area contributed by atoms with Crippen molar-refractivity contribution in [2.45, 2.75) is 6.92 Å². The van der Waals surface area contributed by atoms with Crippen LogP contribution in [0.5, 0.6) is 0 Å². The summed E-state index contributed by atoms with van der Waals surface area (Å²) < 4.78 is 11.9. The number of benzene rings is 1. The lowest BCUT2D eigenvalue weighted by atomic mass is 10.2. The number of nitro benzene ring substituents is 1. The Balaban J connectivity index is 2.04. The van der Waals surface area contributed by atoms with Gasteiger partial charge in [0.15, 0.2) is 5.76 Å². The summed E-state index contributed by atoms with van der Waals surface area (Å²) in [5.41, 5.74) is 0.988. The molecule has 0 saturated heterocycles. The molecule has 1 amide bonds. The molecule has 140 valence electrons. The van der Waals surface area contributed by atoms with E-state index in [1.165, 1.54) is 23.9 Å². The number of amides is 1. The van der Waals surface area contributed by atoms with Gasteiger partial charge in [-0.1, -0.05) is 6.07 Å². The maximum atomic E-state index is 12.6. The Morgan fingerprint density at radius 2 is 2.15 bits per heavy atom. The highest BCUT2D eigenvalue weighted by molar-refractivity contribution is 5.94. The van der Waals surface area contributed by atoms with E-state index in [2.05, 4.69) is 10.4 Å². The monoisotopic (exact) mass is 370 g/mol. The van der Waals surface area contributed by atoms with Gasteiger partial charge in [0.05, 0.1) is 17.2 Å². The van der Waals surface area contributed by atoms with E-state index in [1.54, 1.807) is 37.3 Å². The first-order valence-electron chi connectivity index (χ1n) is 8.18. The lowest BCUT2D eigenvalue weighted by Crippen LogP contribution is -2.28. The molecule has 0 aliphatic rings. The molecule has 0 bridgehead atoms. The van der Waals surface area contributed by atoms with Crippen molar-refractivity contribution in [1.82, 2.24) is 15.1 Å². The molecule has 0 spiro atoms. The van der Waals surface area contributed by atoms with Crippen LogP contribution in [0, 0.1) is 17.0 Å². The Morgan fingerprint density at radius 3 is 2.81 bits per heavy atom. The second-order valence-corrected chi connectivity index (χ2v) is 5.76. The summed E-state index contributed by atoms with van der Waals surface area (Å²) in [6.45, 7) is 2.49. The SMILES string of the molecule is COCCNC(=O)c1cc(-c2ccc(C)o2)nn1-c1cccc([N+](=O)[O-])c1.